The average molecular weight is 389 g/mol. The van der Waals surface area contributed by atoms with Gasteiger partial charge in [0.2, 0.25) is 0 Å². The summed E-state index contributed by atoms with van der Waals surface area (Å²) in [6, 6.07) is 23.6. The highest BCUT2D eigenvalue weighted by molar-refractivity contribution is 5.81. The number of nitrogens with zero attached hydrogens (tertiary/aromatic N) is 1. The van der Waals surface area contributed by atoms with E-state index in [0.717, 1.165) is 32.1 Å². The smallest absolute Gasteiger partial charge is 0.118 e. The van der Waals surface area contributed by atoms with E-state index >= 15 is 0 Å². The third-order valence-corrected chi connectivity index (χ3v) is 5.24. The van der Waals surface area contributed by atoms with Crippen LogP contribution in [0.4, 0.5) is 11.4 Å². The number of hydrogen-bond acceptors (Lipinski definition) is 5. The average Bonchev–Trinajstić information content (AvgIpc) is 3.17. The Kier molecular flexibility index (Phi) is 5.98. The van der Waals surface area contributed by atoms with E-state index in [1.54, 1.807) is 7.11 Å². The molecule has 0 saturated carbocycles. The second-order valence-electron chi connectivity index (χ2n) is 7.28. The van der Waals surface area contributed by atoms with Crippen LogP contribution >= 0.6 is 0 Å². The van der Waals surface area contributed by atoms with Crippen molar-refractivity contribution >= 4 is 11.4 Å². The molecule has 3 aromatic carbocycles. The van der Waals surface area contributed by atoms with Gasteiger partial charge in [0.1, 0.15) is 5.75 Å². The lowest BCUT2D eigenvalue weighted by atomic mass is 10.0. The molecule has 3 aromatic rings. The Hall–Kier alpha value is -3.02. The van der Waals surface area contributed by atoms with Crippen LogP contribution in [0.15, 0.2) is 66.7 Å². The summed E-state index contributed by atoms with van der Waals surface area (Å²) in [6.45, 7) is 3.99. The minimum absolute atomic E-state index is 0.654. The van der Waals surface area contributed by atoms with Gasteiger partial charge in [-0.3, -0.25) is 0 Å². The summed E-state index contributed by atoms with van der Waals surface area (Å²) in [7, 11) is 1.69. The van der Waals surface area contributed by atoms with Crippen molar-refractivity contribution in [2.75, 3.05) is 37.1 Å². The Labute approximate surface area is 172 Å². The molecule has 150 valence electrons. The highest BCUT2D eigenvalue weighted by atomic mass is 16.5. The Morgan fingerprint density at radius 1 is 1.00 bits per heavy atom. The van der Waals surface area contributed by atoms with Crippen LogP contribution in [0.3, 0.4) is 0 Å². The largest absolute Gasteiger partial charge is 0.497 e. The Bertz CT molecular complexity index is 955. The molecule has 0 unspecified atom stereocenters. The van der Waals surface area contributed by atoms with Gasteiger partial charge in [-0.1, -0.05) is 36.4 Å². The molecule has 4 N–H and O–H groups in total. The van der Waals surface area contributed by atoms with Crippen molar-refractivity contribution in [1.29, 1.82) is 0 Å². The number of hydrogen-bond donors (Lipinski definition) is 3. The lowest BCUT2D eigenvalue weighted by molar-refractivity contribution is 0.414. The molecule has 0 amide bonds. The van der Waals surface area contributed by atoms with Gasteiger partial charge in [0.25, 0.3) is 0 Å². The maximum Gasteiger partial charge on any atom is 0.118 e. The van der Waals surface area contributed by atoms with Crippen molar-refractivity contribution in [2.24, 2.45) is 5.73 Å². The van der Waals surface area contributed by atoms with Crippen molar-refractivity contribution in [3.8, 4) is 16.9 Å². The quantitative estimate of drug-likeness (QED) is 0.513. The monoisotopic (exact) mass is 388 g/mol. The fraction of sp³-hybridized carbons (Fsp3) is 0.250. The first-order valence-corrected chi connectivity index (χ1v) is 10.0. The Balaban J connectivity index is 1.53. The van der Waals surface area contributed by atoms with Crippen LogP contribution in [0.1, 0.15) is 11.1 Å². The standard InChI is InChI=1S/C24H28N4O/c1-29-22-8-5-18(6-9-22)16-28-17-27-23-10-7-21(14-24(23)28)20-4-2-3-19(13-20)15-26-12-11-25/h2-10,13-14,26-27H,11-12,15-17,25H2,1H3. The number of nitrogens with two attached hydrogens (primary N) is 1. The molecule has 0 aromatic heterocycles. The van der Waals surface area contributed by atoms with Gasteiger partial charge in [0, 0.05) is 26.2 Å². The zero-order chi connectivity index (χ0) is 20.1. The van der Waals surface area contributed by atoms with Gasteiger partial charge in [0.05, 0.1) is 25.2 Å². The molecule has 1 aliphatic heterocycles. The summed E-state index contributed by atoms with van der Waals surface area (Å²) in [5.41, 5.74) is 13.0. The minimum atomic E-state index is 0.654. The van der Waals surface area contributed by atoms with Crippen molar-refractivity contribution in [1.82, 2.24) is 5.32 Å². The molecule has 5 heteroatoms. The molecule has 0 bridgehead atoms. The van der Waals surface area contributed by atoms with Gasteiger partial charge >= 0.3 is 0 Å². The van der Waals surface area contributed by atoms with E-state index in [1.165, 1.54) is 33.6 Å². The summed E-state index contributed by atoms with van der Waals surface area (Å²) >= 11 is 0. The third-order valence-electron chi connectivity index (χ3n) is 5.24. The van der Waals surface area contributed by atoms with E-state index in [2.05, 4.69) is 70.1 Å². The summed E-state index contributed by atoms with van der Waals surface area (Å²) in [4.78, 5) is 2.37. The fourth-order valence-corrected chi connectivity index (χ4v) is 3.68. The Morgan fingerprint density at radius 3 is 2.62 bits per heavy atom. The molecule has 0 fully saturated rings. The highest BCUT2D eigenvalue weighted by Crippen LogP contribution is 2.36. The normalized spacial score (nSPS) is 12.6. The third kappa shape index (κ3) is 4.53. The molecular formula is C24H28N4O. The zero-order valence-corrected chi connectivity index (χ0v) is 16.8. The summed E-state index contributed by atoms with van der Waals surface area (Å²) in [6.07, 6.45) is 0. The SMILES string of the molecule is COc1ccc(CN2CNc3ccc(-c4cccc(CNCCN)c4)cc32)cc1. The lowest BCUT2D eigenvalue weighted by Crippen LogP contribution is -2.22. The molecule has 1 aliphatic rings. The molecule has 0 aliphatic carbocycles. The van der Waals surface area contributed by atoms with E-state index in [4.69, 9.17) is 10.5 Å². The van der Waals surface area contributed by atoms with E-state index in [-0.39, 0.29) is 0 Å². The predicted octanol–water partition coefficient (Wildman–Crippen LogP) is 3.80. The van der Waals surface area contributed by atoms with Gasteiger partial charge in [-0.2, -0.15) is 0 Å². The highest BCUT2D eigenvalue weighted by Gasteiger charge is 2.19. The predicted molar refractivity (Wildman–Crippen MR) is 120 cm³/mol. The number of ether oxygens (including phenoxy) is 1. The second-order valence-corrected chi connectivity index (χ2v) is 7.28. The molecule has 4 rings (SSSR count). The topological polar surface area (TPSA) is 62.5 Å². The first-order chi connectivity index (χ1) is 14.3. The second kappa shape index (κ2) is 8.99. The molecule has 0 saturated heterocycles. The molecule has 29 heavy (non-hydrogen) atoms. The molecular weight excluding hydrogens is 360 g/mol. The molecule has 0 spiro atoms. The van der Waals surface area contributed by atoms with Gasteiger partial charge in [-0.15, -0.1) is 0 Å². The van der Waals surface area contributed by atoms with Crippen LogP contribution in [0.5, 0.6) is 5.75 Å². The lowest BCUT2D eigenvalue weighted by Gasteiger charge is -2.19. The maximum absolute atomic E-state index is 5.57. The number of methoxy groups -OCH3 is 1. The van der Waals surface area contributed by atoms with Crippen LogP contribution in [-0.4, -0.2) is 26.9 Å². The van der Waals surface area contributed by atoms with E-state index < -0.39 is 0 Å². The van der Waals surface area contributed by atoms with Crippen LogP contribution in [0.2, 0.25) is 0 Å². The molecule has 1 heterocycles. The molecule has 5 nitrogen and oxygen atoms in total. The van der Waals surface area contributed by atoms with E-state index in [0.29, 0.717) is 6.54 Å². The molecule has 0 radical (unpaired) electrons. The van der Waals surface area contributed by atoms with E-state index in [9.17, 15) is 0 Å². The van der Waals surface area contributed by atoms with Crippen molar-refractivity contribution in [2.45, 2.75) is 13.1 Å². The summed E-state index contributed by atoms with van der Waals surface area (Å²) in [5, 5.41) is 6.86. The van der Waals surface area contributed by atoms with Crippen LogP contribution in [0.25, 0.3) is 11.1 Å². The van der Waals surface area contributed by atoms with Crippen LogP contribution in [0, 0.1) is 0 Å². The minimum Gasteiger partial charge on any atom is -0.497 e. The van der Waals surface area contributed by atoms with Crippen LogP contribution < -0.4 is 26.0 Å². The first kappa shape index (κ1) is 19.3. The van der Waals surface area contributed by atoms with E-state index in [1.807, 2.05) is 12.1 Å². The number of anilines is 2. The van der Waals surface area contributed by atoms with Gasteiger partial charge in [-0.05, 0) is 52.6 Å². The molecule has 0 atom stereocenters. The fourth-order valence-electron chi connectivity index (χ4n) is 3.68. The Morgan fingerprint density at radius 2 is 1.83 bits per heavy atom. The summed E-state index contributed by atoms with van der Waals surface area (Å²) in [5.74, 6) is 0.886. The summed E-state index contributed by atoms with van der Waals surface area (Å²) < 4.78 is 5.26. The zero-order valence-electron chi connectivity index (χ0n) is 16.8. The van der Waals surface area contributed by atoms with Crippen molar-refractivity contribution in [3.63, 3.8) is 0 Å². The number of fused-ring (bicyclic) bond motifs is 1. The van der Waals surface area contributed by atoms with Crippen molar-refractivity contribution < 1.29 is 4.74 Å². The first-order valence-electron chi connectivity index (χ1n) is 10.0. The van der Waals surface area contributed by atoms with Crippen molar-refractivity contribution in [3.05, 3.63) is 77.9 Å². The van der Waals surface area contributed by atoms with Gasteiger partial charge < -0.3 is 26.0 Å². The number of benzene rings is 3. The number of nitrogens with one attached hydrogen (secondary N) is 2. The van der Waals surface area contributed by atoms with Crippen LogP contribution in [-0.2, 0) is 13.1 Å². The van der Waals surface area contributed by atoms with Gasteiger partial charge in [0.15, 0.2) is 0 Å². The number of rotatable bonds is 8. The maximum atomic E-state index is 5.57. The van der Waals surface area contributed by atoms with Gasteiger partial charge in [-0.25, -0.2) is 0 Å².